The number of anilines is 1. The first-order chi connectivity index (χ1) is 7.08. The predicted molar refractivity (Wildman–Crippen MR) is 62.4 cm³/mol. The normalized spacial score (nSPS) is 16.3. The minimum atomic E-state index is -0.260. The van der Waals surface area contributed by atoms with Gasteiger partial charge in [0.25, 0.3) is 0 Å². The second-order valence-electron chi connectivity index (χ2n) is 3.78. The maximum Gasteiger partial charge on any atom is 0.161 e. The summed E-state index contributed by atoms with van der Waals surface area (Å²) in [5.74, 6) is 0.0545. The summed E-state index contributed by atoms with van der Waals surface area (Å²) in [6.07, 6.45) is -0.260. The molecule has 1 aromatic rings. The van der Waals surface area contributed by atoms with Gasteiger partial charge in [0.15, 0.2) is 5.78 Å². The van der Waals surface area contributed by atoms with Crippen LogP contribution in [0, 0.1) is 0 Å². The summed E-state index contributed by atoms with van der Waals surface area (Å²) in [5, 5.41) is 9.24. The van der Waals surface area contributed by atoms with Gasteiger partial charge >= 0.3 is 0 Å². The van der Waals surface area contributed by atoms with E-state index in [1.54, 1.807) is 6.92 Å². The summed E-state index contributed by atoms with van der Waals surface area (Å²) in [6, 6.07) is 5.59. The van der Waals surface area contributed by atoms with Gasteiger partial charge < -0.3 is 10.0 Å². The third-order valence-corrected chi connectivity index (χ3v) is 3.04. The molecule has 1 heterocycles. The lowest BCUT2D eigenvalue weighted by atomic mass is 10.0. The number of hydrogen-bond acceptors (Lipinski definition) is 3. The van der Waals surface area contributed by atoms with E-state index in [-0.39, 0.29) is 11.9 Å². The number of rotatable bonds is 2. The molecule has 0 aliphatic carbocycles. The second kappa shape index (κ2) is 3.94. The van der Waals surface area contributed by atoms with E-state index in [0.29, 0.717) is 18.7 Å². The van der Waals surface area contributed by atoms with Gasteiger partial charge in [-0.3, -0.25) is 4.79 Å². The molecule has 3 nitrogen and oxygen atoms in total. The highest BCUT2D eigenvalue weighted by Crippen LogP contribution is 2.28. The van der Waals surface area contributed by atoms with E-state index >= 15 is 0 Å². The Balaban J connectivity index is 2.35. The lowest BCUT2D eigenvalue weighted by molar-refractivity contribution is 0.101. The molecular weight excluding hydrogens is 258 g/mol. The molecule has 0 unspecified atom stereocenters. The summed E-state index contributed by atoms with van der Waals surface area (Å²) >= 11 is 3.38. The minimum absolute atomic E-state index is 0.0545. The Kier molecular flexibility index (Phi) is 2.80. The van der Waals surface area contributed by atoms with Crippen LogP contribution in [0.1, 0.15) is 17.3 Å². The van der Waals surface area contributed by atoms with E-state index in [9.17, 15) is 9.90 Å². The summed E-state index contributed by atoms with van der Waals surface area (Å²) in [6.45, 7) is 2.77. The molecule has 2 rings (SSSR count). The number of benzene rings is 1. The first-order valence-electron chi connectivity index (χ1n) is 4.81. The monoisotopic (exact) mass is 269 g/mol. The average Bonchev–Trinajstić information content (AvgIpc) is 2.12. The first-order valence-corrected chi connectivity index (χ1v) is 5.60. The molecule has 1 aliphatic heterocycles. The van der Waals surface area contributed by atoms with Crippen molar-refractivity contribution in [1.29, 1.82) is 0 Å². The van der Waals surface area contributed by atoms with Gasteiger partial charge in [0, 0.05) is 28.8 Å². The molecule has 1 fully saturated rings. The molecule has 0 bridgehead atoms. The van der Waals surface area contributed by atoms with E-state index in [1.165, 1.54) is 0 Å². The summed E-state index contributed by atoms with van der Waals surface area (Å²) in [5.41, 5.74) is 1.62. The lowest BCUT2D eigenvalue weighted by Crippen LogP contribution is -2.51. The fourth-order valence-electron chi connectivity index (χ4n) is 1.72. The van der Waals surface area contributed by atoms with Crippen molar-refractivity contribution in [2.45, 2.75) is 13.0 Å². The standard InChI is InChI=1S/C11H12BrNO2/c1-7(14)10-3-2-8(12)4-11(10)13-5-9(15)6-13/h2-4,9,15H,5-6H2,1H3. The summed E-state index contributed by atoms with van der Waals surface area (Å²) in [7, 11) is 0. The highest BCUT2D eigenvalue weighted by atomic mass is 79.9. The SMILES string of the molecule is CC(=O)c1ccc(Br)cc1N1CC(O)C1. The van der Waals surface area contributed by atoms with Crippen molar-refractivity contribution in [1.82, 2.24) is 0 Å². The molecule has 80 valence electrons. The Morgan fingerprint density at radius 3 is 2.73 bits per heavy atom. The van der Waals surface area contributed by atoms with E-state index in [0.717, 1.165) is 10.2 Å². The van der Waals surface area contributed by atoms with Gasteiger partial charge in [-0.25, -0.2) is 0 Å². The molecular formula is C11H12BrNO2. The number of nitrogens with zero attached hydrogens (tertiary/aromatic N) is 1. The van der Waals surface area contributed by atoms with Gasteiger partial charge in [-0.15, -0.1) is 0 Å². The fourth-order valence-corrected chi connectivity index (χ4v) is 2.07. The molecule has 0 atom stereocenters. The minimum Gasteiger partial charge on any atom is -0.389 e. The molecule has 1 aliphatic rings. The maximum atomic E-state index is 11.4. The average molecular weight is 270 g/mol. The lowest BCUT2D eigenvalue weighted by Gasteiger charge is -2.38. The van der Waals surface area contributed by atoms with Crippen LogP contribution in [0.15, 0.2) is 22.7 Å². The molecule has 4 heteroatoms. The Labute approximate surface area is 96.8 Å². The number of aliphatic hydroxyl groups excluding tert-OH is 1. The van der Waals surface area contributed by atoms with Crippen molar-refractivity contribution in [3.63, 3.8) is 0 Å². The molecule has 1 saturated heterocycles. The molecule has 0 saturated carbocycles. The number of carbonyl (C=O) groups excluding carboxylic acids is 1. The molecule has 1 aromatic carbocycles. The smallest absolute Gasteiger partial charge is 0.161 e. The van der Waals surface area contributed by atoms with Crippen molar-refractivity contribution in [3.05, 3.63) is 28.2 Å². The third-order valence-electron chi connectivity index (χ3n) is 2.54. The van der Waals surface area contributed by atoms with Gasteiger partial charge in [-0.05, 0) is 25.1 Å². The first kappa shape index (κ1) is 10.6. The Morgan fingerprint density at radius 2 is 2.20 bits per heavy atom. The Hall–Kier alpha value is -0.870. The number of halogens is 1. The van der Waals surface area contributed by atoms with E-state index < -0.39 is 0 Å². The van der Waals surface area contributed by atoms with Crippen molar-refractivity contribution in [2.24, 2.45) is 0 Å². The van der Waals surface area contributed by atoms with Crippen LogP contribution in [-0.4, -0.2) is 30.1 Å². The van der Waals surface area contributed by atoms with E-state index in [4.69, 9.17) is 0 Å². The second-order valence-corrected chi connectivity index (χ2v) is 4.69. The van der Waals surface area contributed by atoms with Crippen LogP contribution in [0.2, 0.25) is 0 Å². The van der Waals surface area contributed by atoms with Crippen molar-refractivity contribution < 1.29 is 9.90 Å². The largest absolute Gasteiger partial charge is 0.389 e. The molecule has 0 spiro atoms. The maximum absolute atomic E-state index is 11.4. The summed E-state index contributed by atoms with van der Waals surface area (Å²) < 4.78 is 0.948. The number of ketones is 1. The zero-order chi connectivity index (χ0) is 11.0. The van der Waals surface area contributed by atoms with Crippen LogP contribution in [0.25, 0.3) is 0 Å². The highest BCUT2D eigenvalue weighted by molar-refractivity contribution is 9.10. The van der Waals surface area contributed by atoms with Crippen LogP contribution in [-0.2, 0) is 0 Å². The van der Waals surface area contributed by atoms with Gasteiger partial charge in [-0.2, -0.15) is 0 Å². The Morgan fingerprint density at radius 1 is 1.53 bits per heavy atom. The van der Waals surface area contributed by atoms with Crippen LogP contribution in [0.4, 0.5) is 5.69 Å². The molecule has 15 heavy (non-hydrogen) atoms. The fraction of sp³-hybridized carbons (Fsp3) is 0.364. The highest BCUT2D eigenvalue weighted by Gasteiger charge is 2.27. The zero-order valence-corrected chi connectivity index (χ0v) is 9.99. The van der Waals surface area contributed by atoms with Crippen molar-refractivity contribution in [2.75, 3.05) is 18.0 Å². The third kappa shape index (κ3) is 2.06. The molecule has 0 amide bonds. The van der Waals surface area contributed by atoms with Gasteiger partial charge in [0.1, 0.15) is 0 Å². The van der Waals surface area contributed by atoms with E-state index in [2.05, 4.69) is 15.9 Å². The van der Waals surface area contributed by atoms with E-state index in [1.807, 2.05) is 23.1 Å². The van der Waals surface area contributed by atoms with Crippen molar-refractivity contribution in [3.8, 4) is 0 Å². The topological polar surface area (TPSA) is 40.5 Å². The molecule has 0 aromatic heterocycles. The number of aliphatic hydroxyl groups is 1. The van der Waals surface area contributed by atoms with Crippen LogP contribution in [0.3, 0.4) is 0 Å². The van der Waals surface area contributed by atoms with Crippen LogP contribution >= 0.6 is 15.9 Å². The molecule has 1 N–H and O–H groups in total. The zero-order valence-electron chi connectivity index (χ0n) is 8.40. The summed E-state index contributed by atoms with van der Waals surface area (Å²) in [4.78, 5) is 13.4. The predicted octanol–water partition coefficient (Wildman–Crippen LogP) is 1.83. The van der Waals surface area contributed by atoms with Gasteiger partial charge in [-0.1, -0.05) is 15.9 Å². The number of β-amino-alcohol motifs (C(OH)–C–C–N with tert-alkyl or cyclic N) is 1. The number of Topliss-reactive ketones (excluding diaryl/α,β-unsaturated/α-hetero) is 1. The van der Waals surface area contributed by atoms with Crippen LogP contribution < -0.4 is 4.90 Å². The number of carbonyl (C=O) groups is 1. The van der Waals surface area contributed by atoms with Gasteiger partial charge in [0.2, 0.25) is 0 Å². The number of hydrogen-bond donors (Lipinski definition) is 1. The van der Waals surface area contributed by atoms with Gasteiger partial charge in [0.05, 0.1) is 6.10 Å². The van der Waals surface area contributed by atoms with Crippen molar-refractivity contribution >= 4 is 27.4 Å². The molecule has 0 radical (unpaired) electrons. The quantitative estimate of drug-likeness (QED) is 0.833. The Bertz CT molecular complexity index is 400. The van der Waals surface area contributed by atoms with Crippen LogP contribution in [0.5, 0.6) is 0 Å².